The van der Waals surface area contributed by atoms with Crippen LogP contribution in [0, 0.1) is 0 Å². The Balaban J connectivity index is 0. The van der Waals surface area contributed by atoms with Gasteiger partial charge in [-0.3, -0.25) is 0 Å². The molecule has 0 amide bonds. The quantitative estimate of drug-likeness (QED) is 0.451. The van der Waals surface area contributed by atoms with Gasteiger partial charge in [-0.05, 0) is 0 Å². The number of halogens is 4. The summed E-state index contributed by atoms with van der Waals surface area (Å²) >= 11 is 0. The molecule has 36 valence electrons. The van der Waals surface area contributed by atoms with Crippen LogP contribution < -0.4 is 0 Å². The third-order valence-corrected chi connectivity index (χ3v) is 0. The van der Waals surface area contributed by atoms with Crippen molar-refractivity contribution in [2.75, 3.05) is 0 Å². The first-order chi connectivity index (χ1) is 0. The Bertz CT molecular complexity index is 5.51. The second kappa shape index (κ2) is 53.6. The molecule has 0 N–H and O–H groups in total. The van der Waals surface area contributed by atoms with Gasteiger partial charge < -0.3 is 0 Å². The molecule has 0 atom stereocenters. The zero-order valence-electron chi connectivity index (χ0n) is 1.63. The summed E-state index contributed by atoms with van der Waals surface area (Å²) in [5.41, 5.74) is 0. The molecule has 0 aromatic rings. The summed E-state index contributed by atoms with van der Waals surface area (Å²) in [5.74, 6) is 0. The fourth-order valence-corrected chi connectivity index (χ4v) is 0. The standard InChI is InChI=1S/4ClH.2Li.2H/h4*1H;;;;. The van der Waals surface area contributed by atoms with Crippen molar-refractivity contribution in [3.05, 3.63) is 0 Å². The van der Waals surface area contributed by atoms with Crippen LogP contribution in [0.3, 0.4) is 0 Å². The number of hydrogen-bond donors (Lipinski definition) is 0. The molecule has 6 heavy (non-hydrogen) atoms. The minimum absolute atomic E-state index is 0. The van der Waals surface area contributed by atoms with Gasteiger partial charge in [0.2, 0.25) is 0 Å². The first kappa shape index (κ1) is 81.5. The molecule has 0 rings (SSSR count). The van der Waals surface area contributed by atoms with Crippen LogP contribution in [0.15, 0.2) is 0 Å². The van der Waals surface area contributed by atoms with Crippen molar-refractivity contribution >= 4 is 87.3 Å². The average Bonchev–Trinajstić information content (AvgIpc) is 0. The van der Waals surface area contributed by atoms with Gasteiger partial charge in [0.1, 0.15) is 0 Å². The van der Waals surface area contributed by atoms with E-state index in [1.54, 1.807) is 0 Å². The molecule has 0 bridgehead atoms. The summed E-state index contributed by atoms with van der Waals surface area (Å²) < 4.78 is 0. The molecule has 0 aliphatic heterocycles. The van der Waals surface area contributed by atoms with Crippen molar-refractivity contribution < 1.29 is 0 Å². The average molecular weight is 162 g/mol. The van der Waals surface area contributed by atoms with E-state index in [1.807, 2.05) is 0 Å². The van der Waals surface area contributed by atoms with Gasteiger partial charge >= 0.3 is 37.7 Å². The molecule has 6 heteroatoms. The molecule has 0 radical (unpaired) electrons. The predicted octanol–water partition coefficient (Wildman–Crippen LogP) is 0.390. The molecule has 0 saturated carbocycles. The maximum absolute atomic E-state index is 0. The second-order valence-corrected chi connectivity index (χ2v) is 0. The van der Waals surface area contributed by atoms with Crippen LogP contribution in [0.5, 0.6) is 0 Å². The van der Waals surface area contributed by atoms with Gasteiger partial charge in [-0.1, -0.05) is 0 Å². The summed E-state index contributed by atoms with van der Waals surface area (Å²) in [7, 11) is 0. The van der Waals surface area contributed by atoms with E-state index in [9.17, 15) is 0 Å². The SMILES string of the molecule is Cl.Cl.Cl.Cl.[LiH].[LiH]. The van der Waals surface area contributed by atoms with Crippen molar-refractivity contribution in [2.45, 2.75) is 0 Å². The van der Waals surface area contributed by atoms with Gasteiger partial charge in [-0.25, -0.2) is 0 Å². The maximum atomic E-state index is 0. The van der Waals surface area contributed by atoms with Crippen molar-refractivity contribution in [3.63, 3.8) is 0 Å². The molecule has 0 aliphatic rings. The number of rotatable bonds is 0. The van der Waals surface area contributed by atoms with Crippen LogP contribution in [-0.4, -0.2) is 37.7 Å². The van der Waals surface area contributed by atoms with Crippen molar-refractivity contribution in [1.29, 1.82) is 0 Å². The molecule has 0 spiro atoms. The Labute approximate surface area is 86.6 Å². The monoisotopic (exact) mass is 160 g/mol. The van der Waals surface area contributed by atoms with Gasteiger partial charge in [-0.2, -0.15) is 0 Å². The van der Waals surface area contributed by atoms with E-state index in [0.717, 1.165) is 0 Å². The Kier molecular flexibility index (Phi) is 728. The summed E-state index contributed by atoms with van der Waals surface area (Å²) in [4.78, 5) is 0. The molecule has 0 heterocycles. The third kappa shape index (κ3) is 32.9. The molecular formula is H6Cl4Li2. The summed E-state index contributed by atoms with van der Waals surface area (Å²) in [6.07, 6.45) is 0. The minimum atomic E-state index is 0. The zero-order chi connectivity index (χ0) is 0. The van der Waals surface area contributed by atoms with Gasteiger partial charge in [-0.15, -0.1) is 49.6 Å². The molecule has 0 aromatic heterocycles. The molecule has 0 nitrogen and oxygen atoms in total. The fraction of sp³-hybridized carbons (Fsp3) is 0. The third-order valence-electron chi connectivity index (χ3n) is 0. The van der Waals surface area contributed by atoms with Crippen molar-refractivity contribution in [1.82, 2.24) is 0 Å². The molecule has 0 unspecified atom stereocenters. The van der Waals surface area contributed by atoms with E-state index >= 15 is 0 Å². The van der Waals surface area contributed by atoms with E-state index < -0.39 is 0 Å². The Morgan fingerprint density at radius 3 is 0.333 bits per heavy atom. The Morgan fingerprint density at radius 2 is 0.333 bits per heavy atom. The van der Waals surface area contributed by atoms with Gasteiger partial charge in [0, 0.05) is 0 Å². The van der Waals surface area contributed by atoms with Gasteiger partial charge in [0.25, 0.3) is 0 Å². The molecule has 0 aromatic carbocycles. The summed E-state index contributed by atoms with van der Waals surface area (Å²) in [5, 5.41) is 0. The van der Waals surface area contributed by atoms with E-state index in [0.29, 0.717) is 0 Å². The van der Waals surface area contributed by atoms with Crippen molar-refractivity contribution in [3.8, 4) is 0 Å². The van der Waals surface area contributed by atoms with Gasteiger partial charge in [0.15, 0.2) is 0 Å². The second-order valence-electron chi connectivity index (χ2n) is 0. The van der Waals surface area contributed by atoms with Gasteiger partial charge in [0.05, 0.1) is 0 Å². The van der Waals surface area contributed by atoms with Crippen LogP contribution in [0.2, 0.25) is 0 Å². The summed E-state index contributed by atoms with van der Waals surface area (Å²) in [6, 6.07) is 0. The van der Waals surface area contributed by atoms with E-state index in [4.69, 9.17) is 0 Å². The molecular weight excluding hydrogens is 156 g/mol. The van der Waals surface area contributed by atoms with Crippen LogP contribution in [0.1, 0.15) is 0 Å². The van der Waals surface area contributed by atoms with Crippen LogP contribution >= 0.6 is 49.6 Å². The van der Waals surface area contributed by atoms with Crippen molar-refractivity contribution in [2.24, 2.45) is 0 Å². The van der Waals surface area contributed by atoms with Crippen LogP contribution in [0.4, 0.5) is 0 Å². The van der Waals surface area contributed by atoms with E-state index in [-0.39, 0.29) is 87.3 Å². The van der Waals surface area contributed by atoms with Crippen LogP contribution in [0.25, 0.3) is 0 Å². The normalized spacial score (nSPS) is 0. The van der Waals surface area contributed by atoms with Crippen LogP contribution in [-0.2, 0) is 0 Å². The zero-order valence-corrected chi connectivity index (χ0v) is 4.90. The topological polar surface area (TPSA) is 0 Å². The molecule has 0 saturated heterocycles. The first-order valence-electron chi connectivity index (χ1n) is 0. The number of hydrogen-bond acceptors (Lipinski definition) is 0. The molecule has 0 aliphatic carbocycles. The Morgan fingerprint density at radius 1 is 0.333 bits per heavy atom. The predicted molar refractivity (Wildman–Crippen MR) is 43.3 cm³/mol. The first-order valence-corrected chi connectivity index (χ1v) is 0. The fourth-order valence-electron chi connectivity index (χ4n) is 0. The Hall–Kier alpha value is 2.35. The molecule has 0 fully saturated rings. The van der Waals surface area contributed by atoms with E-state index in [1.165, 1.54) is 0 Å². The van der Waals surface area contributed by atoms with E-state index in [2.05, 4.69) is 0 Å². The summed E-state index contributed by atoms with van der Waals surface area (Å²) in [6.45, 7) is 0.